The summed E-state index contributed by atoms with van der Waals surface area (Å²) in [4.78, 5) is 24.8. The van der Waals surface area contributed by atoms with Crippen LogP contribution in [0.4, 0.5) is 0 Å². The lowest BCUT2D eigenvalue weighted by molar-refractivity contribution is 0.0925. The molecular formula is C20H19N3O4. The highest BCUT2D eigenvalue weighted by Crippen LogP contribution is 2.21. The molecule has 1 aromatic carbocycles. The first-order chi connectivity index (χ1) is 13.0. The number of benzene rings is 1. The lowest BCUT2D eigenvalue weighted by Gasteiger charge is -2.05. The molecule has 7 heteroatoms. The van der Waals surface area contributed by atoms with Crippen LogP contribution < -0.4 is 10.7 Å². The summed E-state index contributed by atoms with van der Waals surface area (Å²) in [7, 11) is 0. The van der Waals surface area contributed by atoms with Crippen LogP contribution in [0.3, 0.4) is 0 Å². The van der Waals surface area contributed by atoms with Crippen LogP contribution in [0.1, 0.15) is 28.4 Å². The molecule has 0 aliphatic carbocycles. The Hall–Kier alpha value is -3.35. The molecule has 0 bridgehead atoms. The van der Waals surface area contributed by atoms with Gasteiger partial charge in [0.1, 0.15) is 11.0 Å². The van der Waals surface area contributed by atoms with Gasteiger partial charge in [0.05, 0.1) is 11.1 Å². The van der Waals surface area contributed by atoms with Crippen LogP contribution >= 0.6 is 0 Å². The number of fused-ring (bicyclic) bond motifs is 2. The van der Waals surface area contributed by atoms with Crippen LogP contribution in [-0.2, 0) is 6.54 Å². The van der Waals surface area contributed by atoms with Crippen molar-refractivity contribution in [1.82, 2.24) is 15.1 Å². The van der Waals surface area contributed by atoms with Gasteiger partial charge in [0.25, 0.3) is 5.91 Å². The normalized spacial score (nSPS) is 11.3. The third-order valence-electron chi connectivity index (χ3n) is 4.44. The van der Waals surface area contributed by atoms with Gasteiger partial charge in [-0.05, 0) is 38.5 Å². The summed E-state index contributed by atoms with van der Waals surface area (Å²) < 4.78 is 13.0. The lowest BCUT2D eigenvalue weighted by atomic mass is 10.2. The minimum absolute atomic E-state index is 0.0616. The Morgan fingerprint density at radius 2 is 1.96 bits per heavy atom. The predicted molar refractivity (Wildman–Crippen MR) is 101 cm³/mol. The van der Waals surface area contributed by atoms with Crippen LogP contribution in [0, 0.1) is 13.8 Å². The fourth-order valence-electron chi connectivity index (χ4n) is 3.13. The zero-order chi connectivity index (χ0) is 19.0. The summed E-state index contributed by atoms with van der Waals surface area (Å²) in [5.41, 5.74) is 2.29. The Morgan fingerprint density at radius 1 is 1.15 bits per heavy atom. The highest BCUT2D eigenvalue weighted by molar-refractivity contribution is 5.97. The van der Waals surface area contributed by atoms with Gasteiger partial charge in [-0.25, -0.2) is 0 Å². The van der Waals surface area contributed by atoms with Crippen LogP contribution in [0.2, 0.25) is 0 Å². The number of nitrogens with zero attached hydrogens (tertiary/aromatic N) is 2. The lowest BCUT2D eigenvalue weighted by Crippen LogP contribution is -2.25. The summed E-state index contributed by atoms with van der Waals surface area (Å²) in [5.74, 6) is -0.253. The van der Waals surface area contributed by atoms with E-state index < -0.39 is 0 Å². The van der Waals surface area contributed by atoms with E-state index in [9.17, 15) is 9.59 Å². The molecule has 7 nitrogen and oxygen atoms in total. The van der Waals surface area contributed by atoms with Crippen molar-refractivity contribution in [3.63, 3.8) is 0 Å². The maximum atomic E-state index is 12.5. The van der Waals surface area contributed by atoms with E-state index in [0.717, 1.165) is 17.8 Å². The second-order valence-corrected chi connectivity index (χ2v) is 6.50. The number of hydrogen-bond donors (Lipinski definition) is 1. The van der Waals surface area contributed by atoms with E-state index in [-0.39, 0.29) is 28.3 Å². The zero-order valence-electron chi connectivity index (χ0n) is 15.1. The van der Waals surface area contributed by atoms with Gasteiger partial charge in [-0.15, -0.1) is 0 Å². The first-order valence-corrected chi connectivity index (χ1v) is 8.77. The maximum Gasteiger partial charge on any atom is 0.302 e. The molecule has 4 aromatic rings. The number of amides is 1. The molecular weight excluding hydrogens is 346 g/mol. The third kappa shape index (κ3) is 3.23. The minimum Gasteiger partial charge on any atom is -0.425 e. The summed E-state index contributed by atoms with van der Waals surface area (Å²) in [6.07, 6.45) is 0.731. The van der Waals surface area contributed by atoms with E-state index in [2.05, 4.69) is 10.4 Å². The molecule has 138 valence electrons. The molecule has 0 aliphatic rings. The fraction of sp³-hybridized carbons (Fsp3) is 0.250. The molecule has 0 atom stereocenters. The summed E-state index contributed by atoms with van der Waals surface area (Å²) in [5, 5.41) is 7.91. The minimum atomic E-state index is -0.377. The van der Waals surface area contributed by atoms with Crippen LogP contribution in [0.15, 0.2) is 50.0 Å². The molecule has 0 saturated carbocycles. The largest absolute Gasteiger partial charge is 0.425 e. The van der Waals surface area contributed by atoms with E-state index in [1.165, 1.54) is 6.07 Å². The Morgan fingerprint density at radius 3 is 2.74 bits per heavy atom. The smallest absolute Gasteiger partial charge is 0.302 e. The molecule has 4 rings (SSSR count). The molecule has 0 fully saturated rings. The van der Waals surface area contributed by atoms with Crippen molar-refractivity contribution in [2.45, 2.75) is 26.8 Å². The quantitative estimate of drug-likeness (QED) is 0.549. The highest BCUT2D eigenvalue weighted by Gasteiger charge is 2.17. The SMILES string of the molecule is Cc1cc(C)n(CCCNC(=O)c2cc3c(=O)c4ccccc4oc3o2)n1. The number of carbonyl (C=O) groups excluding carboxylic acids is 1. The first-order valence-electron chi connectivity index (χ1n) is 8.77. The third-order valence-corrected chi connectivity index (χ3v) is 4.44. The van der Waals surface area contributed by atoms with Gasteiger partial charge < -0.3 is 14.2 Å². The number of aromatic nitrogens is 2. The second kappa shape index (κ2) is 6.75. The molecule has 0 spiro atoms. The van der Waals surface area contributed by atoms with Crippen molar-refractivity contribution >= 4 is 28.0 Å². The number of para-hydroxylation sites is 1. The first kappa shape index (κ1) is 17.1. The number of carbonyl (C=O) groups is 1. The molecule has 27 heavy (non-hydrogen) atoms. The average Bonchev–Trinajstić information content (AvgIpc) is 3.22. The zero-order valence-corrected chi connectivity index (χ0v) is 15.1. The van der Waals surface area contributed by atoms with Crippen molar-refractivity contribution in [2.24, 2.45) is 0 Å². The summed E-state index contributed by atoms with van der Waals surface area (Å²) in [6.45, 7) is 5.13. The number of aryl methyl sites for hydroxylation is 3. The predicted octanol–water partition coefficient (Wildman–Crippen LogP) is 3.17. The molecule has 3 aromatic heterocycles. The van der Waals surface area contributed by atoms with Crippen molar-refractivity contribution in [3.8, 4) is 0 Å². The van der Waals surface area contributed by atoms with E-state index in [1.54, 1.807) is 24.3 Å². The molecule has 1 amide bonds. The second-order valence-electron chi connectivity index (χ2n) is 6.50. The Balaban J connectivity index is 1.46. The molecule has 0 radical (unpaired) electrons. The monoisotopic (exact) mass is 365 g/mol. The average molecular weight is 365 g/mol. The molecule has 1 N–H and O–H groups in total. The molecule has 0 saturated heterocycles. The Kier molecular flexibility index (Phi) is 4.27. The Bertz CT molecular complexity index is 1200. The highest BCUT2D eigenvalue weighted by atomic mass is 16.5. The number of nitrogens with one attached hydrogen (secondary N) is 1. The fourth-order valence-corrected chi connectivity index (χ4v) is 3.13. The van der Waals surface area contributed by atoms with Crippen LogP contribution in [0.25, 0.3) is 22.1 Å². The van der Waals surface area contributed by atoms with E-state index in [4.69, 9.17) is 8.83 Å². The number of rotatable bonds is 5. The van der Waals surface area contributed by atoms with E-state index >= 15 is 0 Å². The molecule has 3 heterocycles. The molecule has 0 aliphatic heterocycles. The summed E-state index contributed by atoms with van der Waals surface area (Å²) >= 11 is 0. The maximum absolute atomic E-state index is 12.5. The van der Waals surface area contributed by atoms with Crippen molar-refractivity contribution in [1.29, 1.82) is 0 Å². The Labute approximate surface area is 154 Å². The standard InChI is InChI=1S/C20H19N3O4/c1-12-10-13(2)23(22-12)9-5-8-21-19(25)17-11-15-18(24)14-6-3-4-7-16(14)26-20(15)27-17/h3-4,6-7,10-11H,5,8-9H2,1-2H3,(H,21,25). The summed E-state index contributed by atoms with van der Waals surface area (Å²) in [6, 6.07) is 10.4. The number of furan rings is 1. The van der Waals surface area contributed by atoms with Gasteiger partial charge >= 0.3 is 5.78 Å². The molecule has 0 unspecified atom stereocenters. The van der Waals surface area contributed by atoms with Gasteiger partial charge in [-0.2, -0.15) is 5.10 Å². The van der Waals surface area contributed by atoms with E-state index in [1.807, 2.05) is 24.6 Å². The van der Waals surface area contributed by atoms with Crippen molar-refractivity contribution in [2.75, 3.05) is 6.54 Å². The van der Waals surface area contributed by atoms with Crippen molar-refractivity contribution < 1.29 is 13.6 Å². The number of hydrogen-bond acceptors (Lipinski definition) is 5. The van der Waals surface area contributed by atoms with Gasteiger partial charge in [0.2, 0.25) is 5.43 Å². The topological polar surface area (TPSA) is 90.3 Å². The van der Waals surface area contributed by atoms with Gasteiger partial charge in [-0.3, -0.25) is 14.3 Å². The van der Waals surface area contributed by atoms with Gasteiger partial charge in [0, 0.05) is 24.8 Å². The van der Waals surface area contributed by atoms with Gasteiger partial charge in [0.15, 0.2) is 5.76 Å². The van der Waals surface area contributed by atoms with Crippen LogP contribution in [0.5, 0.6) is 0 Å². The van der Waals surface area contributed by atoms with Crippen molar-refractivity contribution in [3.05, 3.63) is 63.8 Å². The van der Waals surface area contributed by atoms with Gasteiger partial charge in [-0.1, -0.05) is 12.1 Å². The van der Waals surface area contributed by atoms with Crippen LogP contribution in [-0.4, -0.2) is 22.2 Å². The van der Waals surface area contributed by atoms with E-state index in [0.29, 0.717) is 24.1 Å².